The molecule has 2 aromatic carbocycles. The minimum Gasteiger partial charge on any atom is -0.508 e. The first-order valence-corrected chi connectivity index (χ1v) is 10.1. The minimum atomic E-state index is 0.171. The number of fused-ring (bicyclic) bond motifs is 3. The Balaban J connectivity index is 1.65. The van der Waals surface area contributed by atoms with Crippen LogP contribution in [-0.2, 0) is 19.3 Å². The first kappa shape index (κ1) is 18.2. The fourth-order valence-electron chi connectivity index (χ4n) is 4.68. The third-order valence-electron chi connectivity index (χ3n) is 6.16. The molecule has 0 spiro atoms. The minimum absolute atomic E-state index is 0.171. The van der Waals surface area contributed by atoms with Gasteiger partial charge in [-0.3, -0.25) is 0 Å². The Morgan fingerprint density at radius 2 is 2.04 bits per heavy atom. The van der Waals surface area contributed by atoms with E-state index in [0.717, 1.165) is 30.6 Å². The molecule has 0 saturated carbocycles. The van der Waals surface area contributed by atoms with E-state index in [9.17, 15) is 5.11 Å². The van der Waals surface area contributed by atoms with Crippen LogP contribution in [0.2, 0.25) is 0 Å². The zero-order valence-electron chi connectivity index (χ0n) is 16.9. The van der Waals surface area contributed by atoms with Crippen LogP contribution < -0.4 is 9.47 Å². The van der Waals surface area contributed by atoms with Crippen molar-refractivity contribution in [2.75, 3.05) is 13.2 Å². The third kappa shape index (κ3) is 3.40. The van der Waals surface area contributed by atoms with Gasteiger partial charge < -0.3 is 14.6 Å². The Morgan fingerprint density at radius 3 is 2.78 bits per heavy atom. The van der Waals surface area contributed by atoms with E-state index in [4.69, 9.17) is 9.47 Å². The quantitative estimate of drug-likeness (QED) is 0.797. The summed E-state index contributed by atoms with van der Waals surface area (Å²) in [4.78, 5) is 0. The molecule has 2 aromatic rings. The summed E-state index contributed by atoms with van der Waals surface area (Å²) in [5.74, 6) is 2.31. The van der Waals surface area contributed by atoms with E-state index in [1.807, 2.05) is 19.1 Å². The smallest absolute Gasteiger partial charge is 0.126 e. The Kier molecular flexibility index (Phi) is 4.57. The molecule has 0 aromatic heterocycles. The van der Waals surface area contributed by atoms with Gasteiger partial charge in [-0.1, -0.05) is 26.0 Å². The molecule has 0 radical (unpaired) electrons. The van der Waals surface area contributed by atoms with Crippen LogP contribution in [0.4, 0.5) is 0 Å². The first-order chi connectivity index (χ1) is 12.9. The van der Waals surface area contributed by atoms with Gasteiger partial charge in [0.05, 0.1) is 13.2 Å². The molecule has 27 heavy (non-hydrogen) atoms. The molecule has 1 atom stereocenters. The Hall–Kier alpha value is -2.16. The van der Waals surface area contributed by atoms with Crippen molar-refractivity contribution in [2.24, 2.45) is 5.41 Å². The number of hydrogen-bond donors (Lipinski definition) is 1. The van der Waals surface area contributed by atoms with Gasteiger partial charge in [0, 0.05) is 17.5 Å². The van der Waals surface area contributed by atoms with Crippen LogP contribution in [0.25, 0.3) is 0 Å². The van der Waals surface area contributed by atoms with E-state index in [-0.39, 0.29) is 5.92 Å². The number of hydrogen-bond acceptors (Lipinski definition) is 3. The van der Waals surface area contributed by atoms with Gasteiger partial charge in [-0.25, -0.2) is 0 Å². The highest BCUT2D eigenvalue weighted by molar-refractivity contribution is 5.54. The van der Waals surface area contributed by atoms with Crippen molar-refractivity contribution < 1.29 is 14.6 Å². The normalized spacial score (nSPS) is 20.4. The van der Waals surface area contributed by atoms with Gasteiger partial charge in [0.25, 0.3) is 0 Å². The Labute approximate surface area is 162 Å². The number of benzene rings is 2. The molecule has 0 fully saturated rings. The van der Waals surface area contributed by atoms with E-state index in [0.29, 0.717) is 30.1 Å². The second-order valence-corrected chi connectivity index (χ2v) is 8.85. The van der Waals surface area contributed by atoms with Crippen LogP contribution in [0.5, 0.6) is 17.2 Å². The molecule has 1 unspecified atom stereocenters. The molecule has 2 aliphatic rings. The van der Waals surface area contributed by atoms with Crippen molar-refractivity contribution in [3.63, 3.8) is 0 Å². The summed E-state index contributed by atoms with van der Waals surface area (Å²) in [5.41, 5.74) is 6.84. The molecular weight excluding hydrogens is 336 g/mol. The van der Waals surface area contributed by atoms with Crippen molar-refractivity contribution in [2.45, 2.75) is 59.3 Å². The number of phenolic OH excluding ortho intramolecular Hbond substituents is 1. The number of rotatable bonds is 3. The van der Waals surface area contributed by atoms with Crippen LogP contribution in [0.1, 0.15) is 60.9 Å². The summed E-state index contributed by atoms with van der Waals surface area (Å²) in [6.45, 7) is 10.1. The summed E-state index contributed by atoms with van der Waals surface area (Å²) in [7, 11) is 0. The molecule has 1 N–H and O–H groups in total. The van der Waals surface area contributed by atoms with Crippen molar-refractivity contribution in [1.29, 1.82) is 0 Å². The van der Waals surface area contributed by atoms with E-state index < -0.39 is 0 Å². The van der Waals surface area contributed by atoms with Crippen LogP contribution in [0, 0.1) is 12.3 Å². The van der Waals surface area contributed by atoms with Gasteiger partial charge in [-0.15, -0.1) is 0 Å². The first-order valence-electron chi connectivity index (χ1n) is 10.1. The fourth-order valence-corrected chi connectivity index (χ4v) is 4.68. The summed E-state index contributed by atoms with van der Waals surface area (Å²) in [6.07, 6.45) is 4.36. The zero-order chi connectivity index (χ0) is 19.2. The molecule has 1 aliphatic carbocycles. The van der Waals surface area contributed by atoms with E-state index in [2.05, 4.69) is 26.8 Å². The average Bonchev–Trinajstić information content (AvgIpc) is 2.61. The lowest BCUT2D eigenvalue weighted by Gasteiger charge is -2.36. The maximum atomic E-state index is 10.5. The highest BCUT2D eigenvalue weighted by atomic mass is 16.5. The average molecular weight is 367 g/mol. The van der Waals surface area contributed by atoms with Gasteiger partial charge in [0.2, 0.25) is 0 Å². The van der Waals surface area contributed by atoms with E-state index >= 15 is 0 Å². The van der Waals surface area contributed by atoms with Crippen molar-refractivity contribution in [3.05, 3.63) is 52.1 Å². The largest absolute Gasteiger partial charge is 0.508 e. The molecule has 4 rings (SSSR count). The van der Waals surface area contributed by atoms with Gasteiger partial charge in [-0.2, -0.15) is 0 Å². The van der Waals surface area contributed by atoms with E-state index in [1.165, 1.54) is 28.7 Å². The molecule has 1 aliphatic heterocycles. The Bertz CT molecular complexity index is 866. The van der Waals surface area contributed by atoms with Crippen LogP contribution in [-0.4, -0.2) is 18.3 Å². The van der Waals surface area contributed by atoms with Crippen LogP contribution >= 0.6 is 0 Å². The lowest BCUT2D eigenvalue weighted by Crippen LogP contribution is -2.26. The highest BCUT2D eigenvalue weighted by Gasteiger charge is 2.32. The molecule has 144 valence electrons. The maximum Gasteiger partial charge on any atom is 0.126 e. The molecule has 0 bridgehead atoms. The predicted molar refractivity (Wildman–Crippen MR) is 108 cm³/mol. The van der Waals surface area contributed by atoms with Gasteiger partial charge >= 0.3 is 0 Å². The predicted octanol–water partition coefficient (Wildman–Crippen LogP) is 5.33. The molecule has 1 heterocycles. The van der Waals surface area contributed by atoms with Gasteiger partial charge in [0.1, 0.15) is 17.2 Å². The van der Waals surface area contributed by atoms with Crippen molar-refractivity contribution in [3.8, 4) is 17.2 Å². The monoisotopic (exact) mass is 366 g/mol. The molecule has 3 nitrogen and oxygen atoms in total. The lowest BCUT2D eigenvalue weighted by molar-refractivity contribution is 0.248. The lowest BCUT2D eigenvalue weighted by atomic mass is 9.72. The summed E-state index contributed by atoms with van der Waals surface area (Å²) < 4.78 is 11.8. The summed E-state index contributed by atoms with van der Waals surface area (Å²) >= 11 is 0. The molecule has 0 amide bonds. The Morgan fingerprint density at radius 1 is 1.22 bits per heavy atom. The maximum absolute atomic E-state index is 10.5. The number of phenols is 1. The standard InChI is InChI=1S/C24H30O3/c1-5-26-18-6-7-19(22(25)12-18)17-11-21-15(2)10-16-13-24(3,4)9-8-20(16)23(21)27-14-17/h6-7,10,12,17,25H,5,8-9,11,13-14H2,1-4H3. The van der Waals surface area contributed by atoms with Gasteiger partial charge in [0.15, 0.2) is 0 Å². The summed E-state index contributed by atoms with van der Waals surface area (Å²) in [5, 5.41) is 10.5. The van der Waals surface area contributed by atoms with Crippen LogP contribution in [0.15, 0.2) is 24.3 Å². The molecular formula is C24H30O3. The molecule has 3 heteroatoms. The SMILES string of the molecule is CCOc1ccc(C2COc3c(c(C)cc4c3CCC(C)(C)C4)C2)c(O)c1. The third-order valence-corrected chi connectivity index (χ3v) is 6.16. The number of aryl methyl sites for hydroxylation is 1. The fraction of sp³-hybridized carbons (Fsp3) is 0.500. The zero-order valence-corrected chi connectivity index (χ0v) is 16.9. The second kappa shape index (κ2) is 6.78. The van der Waals surface area contributed by atoms with Crippen LogP contribution in [0.3, 0.4) is 0 Å². The highest BCUT2D eigenvalue weighted by Crippen LogP contribution is 2.45. The molecule has 0 saturated heterocycles. The number of ether oxygens (including phenoxy) is 2. The number of aromatic hydroxyl groups is 1. The topological polar surface area (TPSA) is 38.7 Å². The van der Waals surface area contributed by atoms with Gasteiger partial charge in [-0.05, 0) is 73.3 Å². The van der Waals surface area contributed by atoms with E-state index in [1.54, 1.807) is 6.07 Å². The van der Waals surface area contributed by atoms with Crippen molar-refractivity contribution in [1.82, 2.24) is 0 Å². The second-order valence-electron chi connectivity index (χ2n) is 8.85. The van der Waals surface area contributed by atoms with Crippen molar-refractivity contribution >= 4 is 0 Å². The summed E-state index contributed by atoms with van der Waals surface area (Å²) in [6, 6.07) is 8.01.